The molecule has 1 amide bonds. The lowest BCUT2D eigenvalue weighted by Gasteiger charge is -2.12. The van der Waals surface area contributed by atoms with E-state index in [1.54, 1.807) is 0 Å². The lowest BCUT2D eigenvalue weighted by molar-refractivity contribution is -0.141. The molecule has 0 aliphatic heterocycles. The van der Waals surface area contributed by atoms with Gasteiger partial charge in [-0.2, -0.15) is 0 Å². The van der Waals surface area contributed by atoms with Gasteiger partial charge in [0.25, 0.3) is 0 Å². The zero-order valence-corrected chi connectivity index (χ0v) is 9.43. The van der Waals surface area contributed by atoms with Crippen LogP contribution in [0.4, 0.5) is 0 Å². The molecule has 0 fully saturated rings. The van der Waals surface area contributed by atoms with E-state index in [2.05, 4.69) is 11.9 Å². The summed E-state index contributed by atoms with van der Waals surface area (Å²) in [5.41, 5.74) is 0.854. The van der Waals surface area contributed by atoms with E-state index in [1.165, 1.54) is 6.08 Å². The highest BCUT2D eigenvalue weighted by atomic mass is 16.4. The number of hydrogen-bond acceptors (Lipinski definition) is 2. The van der Waals surface area contributed by atoms with Gasteiger partial charge in [0.2, 0.25) is 5.91 Å². The van der Waals surface area contributed by atoms with Crippen molar-refractivity contribution in [3.8, 4) is 0 Å². The maximum absolute atomic E-state index is 11.6. The smallest absolute Gasteiger partial charge is 0.326 e. The number of nitrogens with one attached hydrogen (secondary N) is 1. The molecule has 0 heterocycles. The molecular formula is C13H15NO3. The third-order valence-electron chi connectivity index (χ3n) is 2.24. The zero-order chi connectivity index (χ0) is 12.7. The predicted octanol–water partition coefficient (Wildman–Crippen LogP) is 1.37. The lowest BCUT2D eigenvalue weighted by Crippen LogP contribution is -2.41. The number of aliphatic carboxylic acids is 1. The largest absolute Gasteiger partial charge is 0.480 e. The third-order valence-corrected chi connectivity index (χ3v) is 2.24. The molecule has 0 saturated carbocycles. The molecule has 0 aromatic heterocycles. The van der Waals surface area contributed by atoms with Crippen molar-refractivity contribution < 1.29 is 14.7 Å². The number of carboxylic acids is 1. The molecule has 1 atom stereocenters. The van der Waals surface area contributed by atoms with Crippen molar-refractivity contribution in [2.75, 3.05) is 0 Å². The summed E-state index contributed by atoms with van der Waals surface area (Å²) in [5, 5.41) is 11.3. The molecule has 0 saturated heterocycles. The molecule has 0 radical (unpaired) electrons. The Hall–Kier alpha value is -2.10. The summed E-state index contributed by atoms with van der Waals surface area (Å²) in [6, 6.07) is 8.27. The van der Waals surface area contributed by atoms with Crippen molar-refractivity contribution >= 4 is 11.9 Å². The molecule has 4 heteroatoms. The Morgan fingerprint density at radius 1 is 1.35 bits per heavy atom. The van der Waals surface area contributed by atoms with E-state index in [0.717, 1.165) is 5.56 Å². The van der Waals surface area contributed by atoms with Crippen molar-refractivity contribution in [2.45, 2.75) is 18.9 Å². The highest BCUT2D eigenvalue weighted by Crippen LogP contribution is 2.00. The minimum absolute atomic E-state index is 0.182. The molecule has 0 unspecified atom stereocenters. The van der Waals surface area contributed by atoms with Gasteiger partial charge < -0.3 is 10.4 Å². The summed E-state index contributed by atoms with van der Waals surface area (Å²) in [6.45, 7) is 3.46. The summed E-state index contributed by atoms with van der Waals surface area (Å²) in [7, 11) is 0. The maximum atomic E-state index is 11.6. The highest BCUT2D eigenvalue weighted by molar-refractivity contribution is 5.84. The molecule has 0 bridgehead atoms. The predicted molar refractivity (Wildman–Crippen MR) is 64.5 cm³/mol. The Morgan fingerprint density at radius 3 is 2.53 bits per heavy atom. The molecule has 2 N–H and O–H groups in total. The second-order valence-electron chi connectivity index (χ2n) is 3.65. The van der Waals surface area contributed by atoms with Gasteiger partial charge in [-0.05, 0) is 12.0 Å². The van der Waals surface area contributed by atoms with E-state index in [9.17, 15) is 9.59 Å². The summed E-state index contributed by atoms with van der Waals surface area (Å²) in [5.74, 6) is -1.35. The first-order valence-electron chi connectivity index (χ1n) is 5.30. The summed E-state index contributed by atoms with van der Waals surface area (Å²) in [4.78, 5) is 22.4. The van der Waals surface area contributed by atoms with E-state index >= 15 is 0 Å². The van der Waals surface area contributed by atoms with E-state index in [-0.39, 0.29) is 18.7 Å². The SMILES string of the molecule is C=CC[C@@H](NC(=O)Cc1ccccc1)C(=O)O. The van der Waals surface area contributed by atoms with Gasteiger partial charge >= 0.3 is 5.97 Å². The fraction of sp³-hybridized carbons (Fsp3) is 0.231. The number of rotatable bonds is 6. The number of benzene rings is 1. The fourth-order valence-electron chi connectivity index (χ4n) is 1.41. The Morgan fingerprint density at radius 2 is 2.00 bits per heavy atom. The topological polar surface area (TPSA) is 66.4 Å². The van der Waals surface area contributed by atoms with Crippen LogP contribution in [0.3, 0.4) is 0 Å². The lowest BCUT2D eigenvalue weighted by atomic mass is 10.1. The van der Waals surface area contributed by atoms with Gasteiger partial charge in [0, 0.05) is 0 Å². The van der Waals surface area contributed by atoms with E-state index in [1.807, 2.05) is 30.3 Å². The molecule has 1 aromatic rings. The van der Waals surface area contributed by atoms with Crippen LogP contribution in [0.2, 0.25) is 0 Å². The molecule has 0 aliphatic rings. The monoisotopic (exact) mass is 233 g/mol. The van der Waals surface area contributed by atoms with Crippen LogP contribution in [0.25, 0.3) is 0 Å². The van der Waals surface area contributed by atoms with Crippen molar-refractivity contribution in [3.63, 3.8) is 0 Å². The first-order valence-corrected chi connectivity index (χ1v) is 5.30. The van der Waals surface area contributed by atoms with Gasteiger partial charge in [0.05, 0.1) is 6.42 Å². The van der Waals surface area contributed by atoms with Crippen LogP contribution >= 0.6 is 0 Å². The van der Waals surface area contributed by atoms with Crippen molar-refractivity contribution in [1.29, 1.82) is 0 Å². The van der Waals surface area contributed by atoms with Gasteiger partial charge in [0.15, 0.2) is 0 Å². The van der Waals surface area contributed by atoms with Crippen LogP contribution in [0.15, 0.2) is 43.0 Å². The van der Waals surface area contributed by atoms with Crippen LogP contribution < -0.4 is 5.32 Å². The third kappa shape index (κ3) is 4.51. The molecule has 1 rings (SSSR count). The van der Waals surface area contributed by atoms with Crippen LogP contribution in [0, 0.1) is 0 Å². The first-order chi connectivity index (χ1) is 8.13. The second kappa shape index (κ2) is 6.48. The molecule has 1 aromatic carbocycles. The van der Waals surface area contributed by atoms with Gasteiger partial charge in [-0.1, -0.05) is 36.4 Å². The zero-order valence-electron chi connectivity index (χ0n) is 9.43. The summed E-state index contributed by atoms with van der Waals surface area (Å²) >= 11 is 0. The average Bonchev–Trinajstić information content (AvgIpc) is 2.29. The number of carboxylic acid groups (broad SMARTS) is 1. The molecule has 0 spiro atoms. The van der Waals surface area contributed by atoms with Crippen LogP contribution in [0.1, 0.15) is 12.0 Å². The van der Waals surface area contributed by atoms with Gasteiger partial charge in [-0.3, -0.25) is 4.79 Å². The van der Waals surface area contributed by atoms with Gasteiger partial charge in [0.1, 0.15) is 6.04 Å². The van der Waals surface area contributed by atoms with Gasteiger partial charge in [-0.25, -0.2) is 4.79 Å². The minimum Gasteiger partial charge on any atom is -0.480 e. The fourth-order valence-corrected chi connectivity index (χ4v) is 1.41. The Labute approximate surface area is 100.0 Å². The standard InChI is InChI=1S/C13H15NO3/c1-2-6-11(13(16)17)14-12(15)9-10-7-4-3-5-8-10/h2-5,7-8,11H,1,6,9H2,(H,14,15)(H,16,17)/t11-/m1/s1. The van der Waals surface area contributed by atoms with Crippen LogP contribution in [-0.2, 0) is 16.0 Å². The molecular weight excluding hydrogens is 218 g/mol. The Balaban J connectivity index is 2.53. The van der Waals surface area contributed by atoms with Crippen molar-refractivity contribution in [3.05, 3.63) is 48.6 Å². The number of amides is 1. The summed E-state index contributed by atoms with van der Waals surface area (Å²) in [6.07, 6.45) is 1.87. The van der Waals surface area contributed by atoms with Crippen molar-refractivity contribution in [2.24, 2.45) is 0 Å². The van der Waals surface area contributed by atoms with Crippen LogP contribution in [-0.4, -0.2) is 23.0 Å². The van der Waals surface area contributed by atoms with E-state index < -0.39 is 12.0 Å². The Kier molecular flexibility index (Phi) is 4.94. The highest BCUT2D eigenvalue weighted by Gasteiger charge is 2.17. The average molecular weight is 233 g/mol. The van der Waals surface area contributed by atoms with Crippen LogP contribution in [0.5, 0.6) is 0 Å². The normalized spacial score (nSPS) is 11.5. The molecule has 90 valence electrons. The number of carbonyl (C=O) groups excluding carboxylic acids is 1. The molecule has 0 aliphatic carbocycles. The van der Waals surface area contributed by atoms with Gasteiger partial charge in [-0.15, -0.1) is 6.58 Å². The number of hydrogen-bond donors (Lipinski definition) is 2. The molecule has 17 heavy (non-hydrogen) atoms. The maximum Gasteiger partial charge on any atom is 0.326 e. The Bertz CT molecular complexity index is 400. The van der Waals surface area contributed by atoms with Crippen molar-refractivity contribution in [1.82, 2.24) is 5.32 Å². The minimum atomic E-state index is -1.05. The quantitative estimate of drug-likeness (QED) is 0.729. The summed E-state index contributed by atoms with van der Waals surface area (Å²) < 4.78 is 0. The second-order valence-corrected chi connectivity index (χ2v) is 3.65. The van der Waals surface area contributed by atoms with E-state index in [4.69, 9.17) is 5.11 Å². The first kappa shape index (κ1) is 13.0. The van der Waals surface area contributed by atoms with E-state index in [0.29, 0.717) is 0 Å². The number of carbonyl (C=O) groups is 2. The molecule has 4 nitrogen and oxygen atoms in total.